The van der Waals surface area contributed by atoms with E-state index in [1.807, 2.05) is 0 Å². The van der Waals surface area contributed by atoms with Crippen molar-refractivity contribution in [2.45, 2.75) is 23.7 Å². The van der Waals surface area contributed by atoms with Gasteiger partial charge in [-0.25, -0.2) is 24.5 Å². The molecular formula is C38H29N5O7S. The van der Waals surface area contributed by atoms with Crippen molar-refractivity contribution in [3.05, 3.63) is 156 Å². The van der Waals surface area contributed by atoms with Crippen LogP contribution in [0.1, 0.15) is 47.7 Å². The fourth-order valence-corrected chi connectivity index (χ4v) is 6.72. The zero-order valence-electron chi connectivity index (χ0n) is 26.8. The molecule has 1 aliphatic rings. The van der Waals surface area contributed by atoms with Crippen LogP contribution < -0.4 is 5.32 Å². The molecule has 13 heteroatoms. The molecule has 1 saturated heterocycles. The molecule has 1 N–H and O–H groups in total. The SMILES string of the molecule is O=C(Nc1ncnc2c1ncn2C1OC(COC(=O)c2ccccc2)C(SC(=O)c2ccccc2)C1OC(=O)c1ccccc1)c1ccccc1. The van der Waals surface area contributed by atoms with Crippen molar-refractivity contribution in [2.75, 3.05) is 11.9 Å². The molecule has 7 rings (SSSR count). The normalized spacial score (nSPS) is 18.2. The third kappa shape index (κ3) is 7.39. The van der Waals surface area contributed by atoms with E-state index in [1.54, 1.807) is 126 Å². The molecule has 4 atom stereocenters. The Bertz CT molecular complexity index is 2170. The van der Waals surface area contributed by atoms with Crippen molar-refractivity contribution in [3.8, 4) is 0 Å². The van der Waals surface area contributed by atoms with Gasteiger partial charge in [0.05, 0.1) is 22.7 Å². The average molecular weight is 700 g/mol. The molecule has 6 aromatic rings. The third-order valence-electron chi connectivity index (χ3n) is 8.08. The minimum Gasteiger partial charge on any atom is -0.459 e. The summed E-state index contributed by atoms with van der Waals surface area (Å²) in [7, 11) is 0. The van der Waals surface area contributed by atoms with Gasteiger partial charge in [-0.1, -0.05) is 96.7 Å². The van der Waals surface area contributed by atoms with Gasteiger partial charge < -0.3 is 19.5 Å². The summed E-state index contributed by atoms with van der Waals surface area (Å²) in [6.45, 7) is -0.261. The summed E-state index contributed by atoms with van der Waals surface area (Å²) < 4.78 is 20.0. The average Bonchev–Trinajstić information content (AvgIpc) is 3.76. The summed E-state index contributed by atoms with van der Waals surface area (Å²) in [5, 5.41) is 1.63. The monoisotopic (exact) mass is 699 g/mol. The van der Waals surface area contributed by atoms with E-state index in [0.717, 1.165) is 11.8 Å². The van der Waals surface area contributed by atoms with Gasteiger partial charge in [-0.15, -0.1) is 0 Å². The van der Waals surface area contributed by atoms with Gasteiger partial charge in [-0.3, -0.25) is 14.2 Å². The van der Waals surface area contributed by atoms with Gasteiger partial charge in [-0.05, 0) is 36.4 Å². The van der Waals surface area contributed by atoms with Gasteiger partial charge in [0, 0.05) is 11.1 Å². The summed E-state index contributed by atoms with van der Waals surface area (Å²) in [4.78, 5) is 66.4. The topological polar surface area (TPSA) is 152 Å². The van der Waals surface area contributed by atoms with Crippen LogP contribution >= 0.6 is 11.8 Å². The van der Waals surface area contributed by atoms with Gasteiger partial charge >= 0.3 is 11.9 Å². The fraction of sp³-hybridized carbons (Fsp3) is 0.132. The lowest BCUT2D eigenvalue weighted by molar-refractivity contribution is -0.0594. The van der Waals surface area contributed by atoms with Crippen LogP contribution in [0.3, 0.4) is 0 Å². The van der Waals surface area contributed by atoms with Gasteiger partial charge in [0.25, 0.3) is 5.91 Å². The number of rotatable bonds is 10. The standard InChI is InChI=1S/C38H29N5O7S/c44-34(24-13-5-1-6-14-24)42-32-29-33(40-22-39-32)43(23-41-29)35-30(50-37(46)26-17-9-3-10-18-26)31(51-38(47)27-19-11-4-12-20-27)28(49-35)21-48-36(45)25-15-7-2-8-16-25/h1-20,22-23,28,30-31,35H,21H2,(H,39,40,42,44). The number of nitrogens with one attached hydrogen (secondary N) is 1. The number of hydrogen-bond acceptors (Lipinski definition) is 11. The summed E-state index contributed by atoms with van der Waals surface area (Å²) in [6.07, 6.45) is -0.414. The first-order valence-electron chi connectivity index (χ1n) is 15.9. The van der Waals surface area contributed by atoms with Crippen molar-refractivity contribution in [2.24, 2.45) is 0 Å². The molecule has 0 bridgehead atoms. The fourth-order valence-electron chi connectivity index (χ4n) is 5.58. The Hall–Kier alpha value is -6.18. The highest BCUT2D eigenvalue weighted by atomic mass is 32.2. The highest BCUT2D eigenvalue weighted by molar-refractivity contribution is 8.14. The number of esters is 2. The first-order chi connectivity index (χ1) is 25.0. The highest BCUT2D eigenvalue weighted by Crippen LogP contribution is 2.42. The first kappa shape index (κ1) is 33.3. The second-order valence-electron chi connectivity index (χ2n) is 11.4. The number of thioether (sulfide) groups is 1. The number of aromatic nitrogens is 4. The number of imidazole rings is 1. The Morgan fingerprint density at radius 3 is 1.90 bits per heavy atom. The first-order valence-corrected chi connectivity index (χ1v) is 16.8. The number of carbonyl (C=O) groups excluding carboxylic acids is 4. The lowest BCUT2D eigenvalue weighted by Crippen LogP contribution is -2.36. The van der Waals surface area contributed by atoms with Crippen molar-refractivity contribution in [1.29, 1.82) is 0 Å². The minimum absolute atomic E-state index is 0.155. The van der Waals surface area contributed by atoms with Crippen LogP contribution in [0.2, 0.25) is 0 Å². The molecule has 1 fully saturated rings. The summed E-state index contributed by atoms with van der Waals surface area (Å²) >= 11 is 0.921. The maximum atomic E-state index is 13.7. The molecular weight excluding hydrogens is 671 g/mol. The van der Waals surface area contributed by atoms with Crippen LogP contribution in [0.25, 0.3) is 11.2 Å². The molecule has 4 unspecified atom stereocenters. The lowest BCUT2D eigenvalue weighted by atomic mass is 10.1. The van der Waals surface area contributed by atoms with Crippen molar-refractivity contribution in [1.82, 2.24) is 19.5 Å². The Labute approximate surface area is 295 Å². The Balaban J connectivity index is 1.25. The van der Waals surface area contributed by atoms with Crippen LogP contribution in [-0.2, 0) is 14.2 Å². The Kier molecular flexibility index (Phi) is 9.90. The van der Waals surface area contributed by atoms with Crippen LogP contribution in [0.5, 0.6) is 0 Å². The number of nitrogens with zero attached hydrogens (tertiary/aromatic N) is 4. The van der Waals surface area contributed by atoms with E-state index in [0.29, 0.717) is 16.7 Å². The number of benzene rings is 4. The molecule has 0 radical (unpaired) electrons. The number of amides is 1. The van der Waals surface area contributed by atoms with Crippen molar-refractivity contribution >= 4 is 51.7 Å². The second-order valence-corrected chi connectivity index (χ2v) is 12.5. The predicted molar refractivity (Wildman–Crippen MR) is 188 cm³/mol. The lowest BCUT2D eigenvalue weighted by Gasteiger charge is -2.24. The largest absolute Gasteiger partial charge is 0.459 e. The number of ether oxygens (including phenoxy) is 3. The van der Waals surface area contributed by atoms with Crippen LogP contribution in [0, 0.1) is 0 Å². The molecule has 4 aromatic carbocycles. The number of carbonyl (C=O) groups is 4. The number of fused-ring (bicyclic) bond motifs is 1. The molecule has 2 aromatic heterocycles. The maximum Gasteiger partial charge on any atom is 0.338 e. The highest BCUT2D eigenvalue weighted by Gasteiger charge is 2.50. The van der Waals surface area contributed by atoms with Crippen molar-refractivity contribution in [3.63, 3.8) is 0 Å². The van der Waals surface area contributed by atoms with Crippen molar-refractivity contribution < 1.29 is 33.4 Å². The molecule has 51 heavy (non-hydrogen) atoms. The quantitative estimate of drug-likeness (QED) is 0.168. The molecule has 254 valence electrons. The van der Waals surface area contributed by atoms with Gasteiger partial charge in [0.15, 0.2) is 29.3 Å². The maximum absolute atomic E-state index is 13.7. The smallest absolute Gasteiger partial charge is 0.338 e. The van der Waals surface area contributed by atoms with Crippen LogP contribution in [-0.4, -0.2) is 66.5 Å². The predicted octanol–water partition coefficient (Wildman–Crippen LogP) is 6.00. The number of hydrogen-bond donors (Lipinski definition) is 1. The molecule has 12 nitrogen and oxygen atoms in total. The van der Waals surface area contributed by atoms with E-state index < -0.39 is 41.5 Å². The van der Waals surface area contributed by atoms with E-state index in [4.69, 9.17) is 14.2 Å². The zero-order chi connectivity index (χ0) is 35.2. The van der Waals surface area contributed by atoms with Crippen LogP contribution in [0.4, 0.5) is 5.82 Å². The summed E-state index contributed by atoms with van der Waals surface area (Å²) in [5.74, 6) is -1.47. The van der Waals surface area contributed by atoms with E-state index >= 15 is 0 Å². The second kappa shape index (κ2) is 15.2. The molecule has 0 spiro atoms. The zero-order valence-corrected chi connectivity index (χ0v) is 27.6. The van der Waals surface area contributed by atoms with Crippen LogP contribution in [0.15, 0.2) is 134 Å². The molecule has 0 aliphatic carbocycles. The third-order valence-corrected chi connectivity index (χ3v) is 9.37. The molecule has 3 heterocycles. The van der Waals surface area contributed by atoms with E-state index in [1.165, 1.54) is 12.7 Å². The van der Waals surface area contributed by atoms with E-state index in [2.05, 4.69) is 20.3 Å². The van der Waals surface area contributed by atoms with Gasteiger partial charge in [-0.2, -0.15) is 0 Å². The minimum atomic E-state index is -1.11. The molecule has 1 aliphatic heterocycles. The summed E-state index contributed by atoms with van der Waals surface area (Å²) in [6, 6.07) is 34.2. The Morgan fingerprint density at radius 2 is 1.27 bits per heavy atom. The van der Waals surface area contributed by atoms with E-state index in [-0.39, 0.29) is 34.3 Å². The van der Waals surface area contributed by atoms with Gasteiger partial charge in [0.2, 0.25) is 5.12 Å². The molecule has 0 saturated carbocycles. The Morgan fingerprint density at radius 1 is 0.706 bits per heavy atom. The molecule has 1 amide bonds. The van der Waals surface area contributed by atoms with Gasteiger partial charge in [0.1, 0.15) is 19.0 Å². The summed E-state index contributed by atoms with van der Waals surface area (Å²) in [5.41, 5.74) is 2.00. The number of anilines is 1. The van der Waals surface area contributed by atoms with E-state index in [9.17, 15) is 19.2 Å².